The van der Waals surface area contributed by atoms with Gasteiger partial charge in [-0.05, 0) is 12.1 Å². The lowest BCUT2D eigenvalue weighted by molar-refractivity contribution is 0.449. The molecule has 0 aliphatic heterocycles. The van der Waals surface area contributed by atoms with E-state index in [1.54, 1.807) is 20.8 Å². The number of rotatable bonds is 2. The summed E-state index contributed by atoms with van der Waals surface area (Å²) in [4.78, 5) is 3.99. The second-order valence-corrected chi connectivity index (χ2v) is 1.61. The zero-order chi connectivity index (χ0) is 6.53. The molecule has 0 saturated heterocycles. The number of hydrogen-bond donors (Lipinski definition) is 0. The van der Waals surface area contributed by atoms with Gasteiger partial charge in [-0.1, -0.05) is 6.07 Å². The van der Waals surface area contributed by atoms with Gasteiger partial charge in [-0.25, -0.2) is 0 Å². The van der Waals surface area contributed by atoms with Crippen LogP contribution in [0.4, 0.5) is 0 Å². The molecule has 0 aromatic carbocycles. The summed E-state index contributed by atoms with van der Waals surface area (Å²) in [7, 11) is 3.20. The highest BCUT2D eigenvalue weighted by atomic mass is 16.4. The molecule has 3 heteroatoms. The van der Waals surface area contributed by atoms with Crippen molar-refractivity contribution in [3.8, 4) is 0 Å². The number of hydrogen-bond acceptors (Lipinski definition) is 2. The van der Waals surface area contributed by atoms with Crippen molar-refractivity contribution in [2.75, 3.05) is 7.11 Å². The van der Waals surface area contributed by atoms with Gasteiger partial charge in [0, 0.05) is 18.9 Å². The molecule has 0 amide bonds. The van der Waals surface area contributed by atoms with Crippen LogP contribution in [0, 0.1) is 0 Å². The van der Waals surface area contributed by atoms with Gasteiger partial charge >= 0.3 is 7.48 Å². The molecule has 2 nitrogen and oxygen atoms in total. The van der Waals surface area contributed by atoms with E-state index < -0.39 is 0 Å². The molecule has 0 saturated carbocycles. The van der Waals surface area contributed by atoms with E-state index >= 15 is 0 Å². The van der Waals surface area contributed by atoms with Crippen LogP contribution in [0.1, 0.15) is 0 Å². The van der Waals surface area contributed by atoms with Gasteiger partial charge in [-0.3, -0.25) is 4.98 Å². The first-order valence-electron chi connectivity index (χ1n) is 2.70. The Morgan fingerprint density at radius 1 is 1.56 bits per heavy atom. The molecule has 9 heavy (non-hydrogen) atoms. The quantitative estimate of drug-likeness (QED) is 0.511. The molecule has 0 spiro atoms. The van der Waals surface area contributed by atoms with Gasteiger partial charge < -0.3 is 4.65 Å². The van der Waals surface area contributed by atoms with E-state index in [9.17, 15) is 0 Å². The normalized spacial score (nSPS) is 9.00. The zero-order valence-electron chi connectivity index (χ0n) is 5.24. The maximum Gasteiger partial charge on any atom is 0.350 e. The monoisotopic (exact) mass is 120 g/mol. The summed E-state index contributed by atoms with van der Waals surface area (Å²) in [5.74, 6) is 0. The van der Waals surface area contributed by atoms with Crippen molar-refractivity contribution >= 4 is 13.1 Å². The third-order valence-electron chi connectivity index (χ3n) is 0.926. The molecule has 1 heterocycles. The predicted molar refractivity (Wildman–Crippen MR) is 36.6 cm³/mol. The van der Waals surface area contributed by atoms with E-state index in [4.69, 9.17) is 4.65 Å². The topological polar surface area (TPSA) is 22.1 Å². The van der Waals surface area contributed by atoms with Crippen molar-refractivity contribution in [2.45, 2.75) is 0 Å². The van der Waals surface area contributed by atoms with Gasteiger partial charge in [0.05, 0.1) is 0 Å². The minimum atomic E-state index is 0.847. The highest BCUT2D eigenvalue weighted by molar-refractivity contribution is 6.45. The van der Waals surface area contributed by atoms with Gasteiger partial charge in [0.15, 0.2) is 0 Å². The average Bonchev–Trinajstić information content (AvgIpc) is 1.91. The first kappa shape index (κ1) is 6.30. The molecule has 0 aliphatic carbocycles. The molecule has 1 aromatic rings. The molecule has 0 atom stereocenters. The van der Waals surface area contributed by atoms with Crippen molar-refractivity contribution in [2.24, 2.45) is 0 Å². The summed E-state index contributed by atoms with van der Waals surface area (Å²) in [6.45, 7) is 0. The van der Waals surface area contributed by atoms with Crippen LogP contribution in [0.2, 0.25) is 0 Å². The second-order valence-electron chi connectivity index (χ2n) is 1.61. The minimum Gasteiger partial charge on any atom is -0.436 e. The van der Waals surface area contributed by atoms with E-state index in [0.717, 1.165) is 5.59 Å². The predicted octanol–water partition coefficient (Wildman–Crippen LogP) is -0.0275. The van der Waals surface area contributed by atoms with Crippen LogP contribution in [0.15, 0.2) is 24.4 Å². The van der Waals surface area contributed by atoms with Crippen LogP contribution >= 0.6 is 0 Å². The van der Waals surface area contributed by atoms with Crippen molar-refractivity contribution in [3.63, 3.8) is 0 Å². The maximum atomic E-state index is 4.74. The standard InChI is InChI=1S/C6H7BNO/c1-9-7-6-4-2-3-5-8-6/h2-5H,1H3. The largest absolute Gasteiger partial charge is 0.436 e. The van der Waals surface area contributed by atoms with Crippen LogP contribution in [0.25, 0.3) is 0 Å². The zero-order valence-corrected chi connectivity index (χ0v) is 5.24. The van der Waals surface area contributed by atoms with E-state index in [-0.39, 0.29) is 0 Å². The van der Waals surface area contributed by atoms with Crippen LogP contribution in [0.5, 0.6) is 0 Å². The average molecular weight is 120 g/mol. The molecular formula is C6H7BNO. The summed E-state index contributed by atoms with van der Waals surface area (Å²) in [6, 6.07) is 5.66. The number of pyridine rings is 1. The van der Waals surface area contributed by atoms with Crippen molar-refractivity contribution in [3.05, 3.63) is 24.4 Å². The molecule has 0 fully saturated rings. The lowest BCUT2D eigenvalue weighted by Gasteiger charge is -1.91. The minimum absolute atomic E-state index is 0.847. The molecular weight excluding hydrogens is 113 g/mol. The number of nitrogens with zero attached hydrogens (tertiary/aromatic N) is 1. The second kappa shape index (κ2) is 3.25. The summed E-state index contributed by atoms with van der Waals surface area (Å²) in [5, 5.41) is 0. The molecule has 1 aromatic heterocycles. The van der Waals surface area contributed by atoms with Crippen LogP contribution in [0.3, 0.4) is 0 Å². The van der Waals surface area contributed by atoms with Crippen molar-refractivity contribution in [1.82, 2.24) is 4.98 Å². The molecule has 0 unspecified atom stereocenters. The maximum absolute atomic E-state index is 4.74. The fourth-order valence-corrected chi connectivity index (χ4v) is 0.566. The Morgan fingerprint density at radius 3 is 3.00 bits per heavy atom. The Bertz CT molecular complexity index is 166. The first-order valence-corrected chi connectivity index (χ1v) is 2.70. The van der Waals surface area contributed by atoms with Gasteiger partial charge in [0.1, 0.15) is 0 Å². The van der Waals surface area contributed by atoms with Crippen molar-refractivity contribution in [1.29, 1.82) is 0 Å². The number of aromatic nitrogens is 1. The molecule has 0 aliphatic rings. The van der Waals surface area contributed by atoms with E-state index in [2.05, 4.69) is 4.98 Å². The Hall–Kier alpha value is -0.825. The molecule has 0 bridgehead atoms. The fraction of sp³-hybridized carbons (Fsp3) is 0.167. The van der Waals surface area contributed by atoms with Gasteiger partial charge in [-0.15, -0.1) is 0 Å². The smallest absolute Gasteiger partial charge is 0.350 e. The van der Waals surface area contributed by atoms with E-state index in [1.165, 1.54) is 0 Å². The van der Waals surface area contributed by atoms with Gasteiger partial charge in [0.2, 0.25) is 0 Å². The SMILES string of the molecule is CO[B]c1ccccn1. The van der Waals surface area contributed by atoms with Gasteiger partial charge in [0.25, 0.3) is 0 Å². The van der Waals surface area contributed by atoms with E-state index in [1.807, 2.05) is 18.2 Å². The Labute approximate surface area is 55.2 Å². The van der Waals surface area contributed by atoms with Crippen LogP contribution < -0.4 is 5.59 Å². The third kappa shape index (κ3) is 1.86. The fourth-order valence-electron chi connectivity index (χ4n) is 0.566. The highest BCUT2D eigenvalue weighted by Crippen LogP contribution is 1.74. The van der Waals surface area contributed by atoms with E-state index in [0.29, 0.717) is 0 Å². The summed E-state index contributed by atoms with van der Waals surface area (Å²) in [5.41, 5.74) is 0.847. The molecule has 45 valence electrons. The summed E-state index contributed by atoms with van der Waals surface area (Å²) in [6.07, 6.45) is 1.73. The van der Waals surface area contributed by atoms with Crippen molar-refractivity contribution < 1.29 is 4.65 Å². The van der Waals surface area contributed by atoms with Crippen LogP contribution in [-0.4, -0.2) is 19.6 Å². The third-order valence-corrected chi connectivity index (χ3v) is 0.926. The lowest BCUT2D eigenvalue weighted by atomic mass is 9.95. The highest BCUT2D eigenvalue weighted by Gasteiger charge is 1.91. The lowest BCUT2D eigenvalue weighted by Crippen LogP contribution is -2.18. The molecule has 0 N–H and O–H groups in total. The Morgan fingerprint density at radius 2 is 2.44 bits per heavy atom. The Balaban J connectivity index is 2.61. The Kier molecular flexibility index (Phi) is 2.27. The molecule has 1 rings (SSSR count). The molecule has 1 radical (unpaired) electrons. The van der Waals surface area contributed by atoms with Crippen LogP contribution in [-0.2, 0) is 4.65 Å². The summed E-state index contributed by atoms with van der Waals surface area (Å²) >= 11 is 0. The first-order chi connectivity index (χ1) is 4.43. The summed E-state index contributed by atoms with van der Waals surface area (Å²) < 4.78 is 4.74. The van der Waals surface area contributed by atoms with Gasteiger partial charge in [-0.2, -0.15) is 0 Å².